The Labute approximate surface area is 90.8 Å². The van der Waals surface area contributed by atoms with E-state index in [1.54, 1.807) is 7.11 Å². The highest BCUT2D eigenvalue weighted by molar-refractivity contribution is 5.34. The van der Waals surface area contributed by atoms with Gasteiger partial charge in [0, 0.05) is 25.9 Å². The molecule has 0 amide bonds. The van der Waals surface area contributed by atoms with Crippen molar-refractivity contribution in [1.29, 1.82) is 0 Å². The number of hydrogen-bond donors (Lipinski definition) is 2. The average molecular weight is 209 g/mol. The minimum Gasteiger partial charge on any atom is -0.383 e. The van der Waals surface area contributed by atoms with Crippen LogP contribution in [0.4, 0.5) is 5.82 Å². The van der Waals surface area contributed by atoms with E-state index < -0.39 is 0 Å². The first-order valence-electron chi connectivity index (χ1n) is 5.13. The summed E-state index contributed by atoms with van der Waals surface area (Å²) in [6, 6.07) is 4.09. The van der Waals surface area contributed by atoms with E-state index in [0.717, 1.165) is 24.3 Å². The van der Waals surface area contributed by atoms with Crippen LogP contribution >= 0.6 is 0 Å². The van der Waals surface area contributed by atoms with Gasteiger partial charge in [-0.3, -0.25) is 0 Å². The highest BCUT2D eigenvalue weighted by atomic mass is 16.5. The number of nitrogens with two attached hydrogens (primary N) is 1. The van der Waals surface area contributed by atoms with E-state index in [1.165, 1.54) is 0 Å². The maximum atomic E-state index is 5.79. The molecule has 1 unspecified atom stereocenters. The monoisotopic (exact) mass is 209 g/mol. The van der Waals surface area contributed by atoms with E-state index in [4.69, 9.17) is 10.5 Å². The second-order valence-electron chi connectivity index (χ2n) is 3.65. The average Bonchev–Trinajstić information content (AvgIpc) is 2.21. The molecular weight excluding hydrogens is 190 g/mol. The van der Waals surface area contributed by atoms with Crippen molar-refractivity contribution < 1.29 is 4.74 Å². The predicted molar refractivity (Wildman–Crippen MR) is 61.9 cm³/mol. The molecule has 0 radical (unpaired) electrons. The zero-order chi connectivity index (χ0) is 11.1. The maximum Gasteiger partial charge on any atom is 0.125 e. The van der Waals surface area contributed by atoms with E-state index >= 15 is 0 Å². The SMILES string of the molecule is COCC(N)CCNc1ccc(C)cn1. The Morgan fingerprint density at radius 3 is 2.93 bits per heavy atom. The summed E-state index contributed by atoms with van der Waals surface area (Å²) in [7, 11) is 1.66. The minimum absolute atomic E-state index is 0.0907. The van der Waals surface area contributed by atoms with E-state index in [9.17, 15) is 0 Å². The van der Waals surface area contributed by atoms with Crippen molar-refractivity contribution in [3.05, 3.63) is 23.9 Å². The van der Waals surface area contributed by atoms with Crippen LogP contribution in [0.1, 0.15) is 12.0 Å². The maximum absolute atomic E-state index is 5.79. The fourth-order valence-corrected chi connectivity index (χ4v) is 1.26. The van der Waals surface area contributed by atoms with Crippen molar-refractivity contribution in [3.63, 3.8) is 0 Å². The molecule has 1 aromatic rings. The molecule has 0 spiro atoms. The second kappa shape index (κ2) is 6.37. The molecule has 0 bridgehead atoms. The number of rotatable bonds is 6. The van der Waals surface area contributed by atoms with Gasteiger partial charge in [-0.05, 0) is 25.0 Å². The van der Waals surface area contributed by atoms with Gasteiger partial charge in [0.1, 0.15) is 5.82 Å². The third kappa shape index (κ3) is 4.76. The van der Waals surface area contributed by atoms with Gasteiger partial charge in [-0.15, -0.1) is 0 Å². The zero-order valence-electron chi connectivity index (χ0n) is 9.36. The molecule has 4 nitrogen and oxygen atoms in total. The molecule has 0 aliphatic carbocycles. The van der Waals surface area contributed by atoms with Crippen LogP contribution in [0.2, 0.25) is 0 Å². The fourth-order valence-electron chi connectivity index (χ4n) is 1.26. The number of pyridine rings is 1. The third-order valence-corrected chi connectivity index (χ3v) is 2.11. The molecule has 0 aliphatic rings. The highest BCUT2D eigenvalue weighted by Gasteiger charge is 2.00. The number of methoxy groups -OCH3 is 1. The predicted octanol–water partition coefficient (Wildman–Crippen LogP) is 1.17. The summed E-state index contributed by atoms with van der Waals surface area (Å²) in [5.41, 5.74) is 6.95. The van der Waals surface area contributed by atoms with Crippen LogP contribution in [-0.2, 0) is 4.74 Å². The minimum atomic E-state index is 0.0907. The summed E-state index contributed by atoms with van der Waals surface area (Å²) in [6.45, 7) is 3.44. The van der Waals surface area contributed by atoms with Crippen molar-refractivity contribution in [3.8, 4) is 0 Å². The van der Waals surface area contributed by atoms with Crippen LogP contribution in [0.5, 0.6) is 0 Å². The molecule has 0 aliphatic heterocycles. The quantitative estimate of drug-likeness (QED) is 0.738. The summed E-state index contributed by atoms with van der Waals surface area (Å²) in [4.78, 5) is 4.24. The van der Waals surface area contributed by atoms with Crippen molar-refractivity contribution in [2.45, 2.75) is 19.4 Å². The van der Waals surface area contributed by atoms with Gasteiger partial charge in [-0.1, -0.05) is 6.07 Å². The molecule has 15 heavy (non-hydrogen) atoms. The van der Waals surface area contributed by atoms with Crippen LogP contribution in [0.25, 0.3) is 0 Å². The first-order chi connectivity index (χ1) is 7.22. The van der Waals surface area contributed by atoms with E-state index in [-0.39, 0.29) is 6.04 Å². The van der Waals surface area contributed by atoms with Crippen LogP contribution < -0.4 is 11.1 Å². The molecule has 1 heterocycles. The Morgan fingerprint density at radius 2 is 2.33 bits per heavy atom. The van der Waals surface area contributed by atoms with Crippen LogP contribution in [0, 0.1) is 6.92 Å². The van der Waals surface area contributed by atoms with Crippen molar-refractivity contribution >= 4 is 5.82 Å². The molecule has 3 N–H and O–H groups in total. The van der Waals surface area contributed by atoms with Gasteiger partial charge in [0.2, 0.25) is 0 Å². The summed E-state index contributed by atoms with van der Waals surface area (Å²) in [6.07, 6.45) is 2.72. The number of ether oxygens (including phenoxy) is 1. The number of aryl methyl sites for hydroxylation is 1. The summed E-state index contributed by atoms with van der Waals surface area (Å²) >= 11 is 0. The van der Waals surface area contributed by atoms with Crippen LogP contribution in [0.15, 0.2) is 18.3 Å². The molecule has 0 saturated heterocycles. The second-order valence-corrected chi connectivity index (χ2v) is 3.65. The van der Waals surface area contributed by atoms with Crippen LogP contribution in [0.3, 0.4) is 0 Å². The smallest absolute Gasteiger partial charge is 0.125 e. The molecular formula is C11H19N3O. The van der Waals surface area contributed by atoms with Gasteiger partial charge < -0.3 is 15.8 Å². The molecule has 84 valence electrons. The summed E-state index contributed by atoms with van der Waals surface area (Å²) in [5, 5.41) is 3.21. The lowest BCUT2D eigenvalue weighted by atomic mass is 10.2. The van der Waals surface area contributed by atoms with Gasteiger partial charge in [0.15, 0.2) is 0 Å². The van der Waals surface area contributed by atoms with E-state index in [1.807, 2.05) is 25.3 Å². The van der Waals surface area contributed by atoms with Crippen LogP contribution in [-0.4, -0.2) is 31.3 Å². The highest BCUT2D eigenvalue weighted by Crippen LogP contribution is 2.03. The Hall–Kier alpha value is -1.13. The van der Waals surface area contributed by atoms with Gasteiger partial charge in [-0.2, -0.15) is 0 Å². The topological polar surface area (TPSA) is 60.2 Å². The number of nitrogens with one attached hydrogen (secondary N) is 1. The molecule has 0 aromatic carbocycles. The standard InChI is InChI=1S/C11H19N3O/c1-9-3-4-11(14-7-9)13-6-5-10(12)8-15-2/h3-4,7,10H,5-6,8,12H2,1-2H3,(H,13,14). The van der Waals surface area contributed by atoms with Gasteiger partial charge in [0.25, 0.3) is 0 Å². The first-order valence-corrected chi connectivity index (χ1v) is 5.13. The lowest BCUT2D eigenvalue weighted by Crippen LogP contribution is -2.28. The summed E-state index contributed by atoms with van der Waals surface area (Å²) < 4.78 is 4.95. The zero-order valence-corrected chi connectivity index (χ0v) is 9.36. The fraction of sp³-hybridized carbons (Fsp3) is 0.545. The number of nitrogens with zero attached hydrogens (tertiary/aromatic N) is 1. The number of hydrogen-bond acceptors (Lipinski definition) is 4. The Kier molecular flexibility index (Phi) is 5.07. The summed E-state index contributed by atoms with van der Waals surface area (Å²) in [5.74, 6) is 0.894. The normalized spacial score (nSPS) is 12.5. The van der Waals surface area contributed by atoms with Gasteiger partial charge in [0.05, 0.1) is 6.61 Å². The molecule has 1 aromatic heterocycles. The lowest BCUT2D eigenvalue weighted by Gasteiger charge is -2.11. The Bertz CT molecular complexity index is 274. The Balaban J connectivity index is 2.22. The number of aromatic nitrogens is 1. The Morgan fingerprint density at radius 1 is 1.53 bits per heavy atom. The van der Waals surface area contributed by atoms with Crippen molar-refractivity contribution in [2.75, 3.05) is 25.6 Å². The van der Waals surface area contributed by atoms with Crippen molar-refractivity contribution in [1.82, 2.24) is 4.98 Å². The van der Waals surface area contributed by atoms with E-state index in [2.05, 4.69) is 10.3 Å². The van der Waals surface area contributed by atoms with Gasteiger partial charge in [-0.25, -0.2) is 4.98 Å². The largest absolute Gasteiger partial charge is 0.383 e. The third-order valence-electron chi connectivity index (χ3n) is 2.11. The molecule has 1 atom stereocenters. The lowest BCUT2D eigenvalue weighted by molar-refractivity contribution is 0.178. The van der Waals surface area contributed by atoms with Gasteiger partial charge >= 0.3 is 0 Å². The first kappa shape index (κ1) is 11.9. The molecule has 1 rings (SSSR count). The van der Waals surface area contributed by atoms with Crippen molar-refractivity contribution in [2.24, 2.45) is 5.73 Å². The van der Waals surface area contributed by atoms with E-state index in [0.29, 0.717) is 6.61 Å². The molecule has 0 fully saturated rings. The molecule has 0 saturated carbocycles. The molecule has 4 heteroatoms. The number of anilines is 1.